The van der Waals surface area contributed by atoms with Gasteiger partial charge < -0.3 is 16.4 Å². The van der Waals surface area contributed by atoms with E-state index >= 15 is 0 Å². The molecule has 1 atom stereocenters. The van der Waals surface area contributed by atoms with E-state index in [0.717, 1.165) is 32.1 Å². The molecule has 0 aromatic heterocycles. The first-order valence-corrected chi connectivity index (χ1v) is 7.64. The van der Waals surface area contributed by atoms with Crippen LogP contribution in [0.4, 0.5) is 15.8 Å². The van der Waals surface area contributed by atoms with E-state index in [4.69, 9.17) is 5.73 Å². The zero-order chi connectivity index (χ0) is 16.1. The summed E-state index contributed by atoms with van der Waals surface area (Å²) in [5.74, 6) is -1.11. The number of nitrogens with one attached hydrogen (secondary N) is 2. The number of anilines is 2. The van der Waals surface area contributed by atoms with Crippen LogP contribution in [0.3, 0.4) is 0 Å². The number of halogens is 1. The van der Waals surface area contributed by atoms with Gasteiger partial charge in [0.2, 0.25) is 11.8 Å². The number of hydrogen-bond acceptors (Lipinski definition) is 3. The van der Waals surface area contributed by atoms with Crippen LogP contribution in [-0.4, -0.2) is 17.9 Å². The third-order valence-electron chi connectivity index (χ3n) is 3.88. The van der Waals surface area contributed by atoms with Crippen molar-refractivity contribution in [2.75, 3.05) is 10.6 Å². The molecule has 22 heavy (non-hydrogen) atoms. The largest absolute Gasteiger partial charge is 0.325 e. The smallest absolute Gasteiger partial charge is 0.240 e. The predicted molar refractivity (Wildman–Crippen MR) is 83.9 cm³/mol. The summed E-state index contributed by atoms with van der Waals surface area (Å²) in [7, 11) is 0. The minimum absolute atomic E-state index is 0.0598. The molecule has 2 amide bonds. The van der Waals surface area contributed by atoms with Crippen LogP contribution in [0.5, 0.6) is 0 Å². The Morgan fingerprint density at radius 2 is 1.91 bits per heavy atom. The minimum Gasteiger partial charge on any atom is -0.325 e. The van der Waals surface area contributed by atoms with Crippen molar-refractivity contribution in [3.8, 4) is 0 Å². The first-order chi connectivity index (χ1) is 10.5. The SMILES string of the molecule is C[C@H](N)C(=O)Nc1ccc(F)c(NC(=O)C2CCCCC2)c1. The lowest BCUT2D eigenvalue weighted by molar-refractivity contribution is -0.120. The molecule has 0 radical (unpaired) electrons. The van der Waals surface area contributed by atoms with Crippen LogP contribution in [0.25, 0.3) is 0 Å². The number of rotatable bonds is 4. The van der Waals surface area contributed by atoms with Gasteiger partial charge in [-0.15, -0.1) is 0 Å². The van der Waals surface area contributed by atoms with Gasteiger partial charge in [-0.05, 0) is 38.0 Å². The van der Waals surface area contributed by atoms with Gasteiger partial charge in [-0.3, -0.25) is 9.59 Å². The van der Waals surface area contributed by atoms with Crippen LogP contribution in [0, 0.1) is 11.7 Å². The van der Waals surface area contributed by atoms with E-state index in [1.807, 2.05) is 0 Å². The fourth-order valence-electron chi connectivity index (χ4n) is 2.55. The Bertz CT molecular complexity index is 554. The van der Waals surface area contributed by atoms with Crippen molar-refractivity contribution in [3.05, 3.63) is 24.0 Å². The monoisotopic (exact) mass is 307 g/mol. The molecule has 1 aromatic carbocycles. The highest BCUT2D eigenvalue weighted by Gasteiger charge is 2.22. The average Bonchev–Trinajstić information content (AvgIpc) is 2.51. The van der Waals surface area contributed by atoms with Gasteiger partial charge in [0.15, 0.2) is 0 Å². The molecular weight excluding hydrogens is 285 g/mol. The highest BCUT2D eigenvalue weighted by molar-refractivity contribution is 5.96. The Morgan fingerprint density at radius 3 is 2.55 bits per heavy atom. The van der Waals surface area contributed by atoms with Crippen molar-refractivity contribution in [2.45, 2.75) is 45.1 Å². The second kappa shape index (κ2) is 7.35. The fraction of sp³-hybridized carbons (Fsp3) is 0.500. The zero-order valence-electron chi connectivity index (χ0n) is 12.7. The molecule has 0 spiro atoms. The van der Waals surface area contributed by atoms with Gasteiger partial charge in [-0.1, -0.05) is 19.3 Å². The number of nitrogens with two attached hydrogens (primary N) is 1. The number of carbonyl (C=O) groups is 2. The van der Waals surface area contributed by atoms with Gasteiger partial charge >= 0.3 is 0 Å². The Morgan fingerprint density at radius 1 is 1.23 bits per heavy atom. The molecule has 4 N–H and O–H groups in total. The Balaban J connectivity index is 2.06. The number of amides is 2. The molecule has 1 fully saturated rings. The second-order valence-corrected chi connectivity index (χ2v) is 5.80. The summed E-state index contributed by atoms with van der Waals surface area (Å²) in [6.45, 7) is 1.56. The molecule has 1 aliphatic rings. The molecule has 0 unspecified atom stereocenters. The van der Waals surface area contributed by atoms with Gasteiger partial charge in [0.1, 0.15) is 5.82 Å². The predicted octanol–water partition coefficient (Wildman–Crippen LogP) is 2.63. The Hall–Kier alpha value is -1.95. The first kappa shape index (κ1) is 16.4. The number of carbonyl (C=O) groups excluding carboxylic acids is 2. The highest BCUT2D eigenvalue weighted by atomic mass is 19.1. The maximum Gasteiger partial charge on any atom is 0.240 e. The maximum absolute atomic E-state index is 13.8. The molecule has 1 aliphatic carbocycles. The average molecular weight is 307 g/mol. The molecule has 0 heterocycles. The number of benzene rings is 1. The van der Waals surface area contributed by atoms with Crippen LogP contribution in [0.2, 0.25) is 0 Å². The molecule has 5 nitrogen and oxygen atoms in total. The third-order valence-corrected chi connectivity index (χ3v) is 3.88. The minimum atomic E-state index is -0.662. The summed E-state index contributed by atoms with van der Waals surface area (Å²) in [6.07, 6.45) is 4.90. The van der Waals surface area contributed by atoms with Gasteiger partial charge in [-0.2, -0.15) is 0 Å². The lowest BCUT2D eigenvalue weighted by atomic mass is 9.88. The molecule has 120 valence electrons. The molecule has 2 rings (SSSR count). The topological polar surface area (TPSA) is 84.2 Å². The highest BCUT2D eigenvalue weighted by Crippen LogP contribution is 2.26. The van der Waals surface area contributed by atoms with E-state index in [2.05, 4.69) is 10.6 Å². The van der Waals surface area contributed by atoms with Gasteiger partial charge in [0.05, 0.1) is 11.7 Å². The summed E-state index contributed by atoms with van der Waals surface area (Å²) in [5, 5.41) is 5.21. The van der Waals surface area contributed by atoms with Crippen LogP contribution >= 0.6 is 0 Å². The van der Waals surface area contributed by atoms with Crippen molar-refractivity contribution >= 4 is 23.2 Å². The fourth-order valence-corrected chi connectivity index (χ4v) is 2.55. The zero-order valence-corrected chi connectivity index (χ0v) is 12.7. The number of hydrogen-bond donors (Lipinski definition) is 3. The first-order valence-electron chi connectivity index (χ1n) is 7.64. The Kier molecular flexibility index (Phi) is 5.49. The lowest BCUT2D eigenvalue weighted by Crippen LogP contribution is -2.32. The molecule has 6 heteroatoms. The standard InChI is InChI=1S/C16H22FN3O2/c1-10(18)15(21)19-12-7-8-13(17)14(9-12)20-16(22)11-5-3-2-4-6-11/h7-11H,2-6,18H2,1H3,(H,19,21)(H,20,22)/t10-/m0/s1. The summed E-state index contributed by atoms with van der Waals surface area (Å²) in [4.78, 5) is 23.7. The van der Waals surface area contributed by atoms with E-state index in [9.17, 15) is 14.0 Å². The maximum atomic E-state index is 13.8. The summed E-state index contributed by atoms with van der Waals surface area (Å²) in [6, 6.07) is 3.40. The van der Waals surface area contributed by atoms with E-state index < -0.39 is 11.9 Å². The van der Waals surface area contributed by atoms with Gasteiger partial charge in [0.25, 0.3) is 0 Å². The van der Waals surface area contributed by atoms with Gasteiger partial charge in [-0.25, -0.2) is 4.39 Å². The normalized spacial score (nSPS) is 16.9. The van der Waals surface area contributed by atoms with Crippen molar-refractivity contribution in [1.82, 2.24) is 0 Å². The molecule has 0 saturated heterocycles. The van der Waals surface area contributed by atoms with E-state index in [0.29, 0.717) is 5.69 Å². The van der Waals surface area contributed by atoms with E-state index in [1.54, 1.807) is 6.92 Å². The van der Waals surface area contributed by atoms with Gasteiger partial charge in [0, 0.05) is 11.6 Å². The molecule has 0 aliphatic heterocycles. The van der Waals surface area contributed by atoms with Crippen molar-refractivity contribution < 1.29 is 14.0 Å². The van der Waals surface area contributed by atoms with E-state index in [1.165, 1.54) is 18.2 Å². The van der Waals surface area contributed by atoms with Crippen molar-refractivity contribution in [1.29, 1.82) is 0 Å². The Labute approximate surface area is 129 Å². The third kappa shape index (κ3) is 4.27. The summed E-state index contributed by atoms with van der Waals surface area (Å²) >= 11 is 0. The van der Waals surface area contributed by atoms with Crippen LogP contribution < -0.4 is 16.4 Å². The summed E-state index contributed by atoms with van der Waals surface area (Å²) in [5.41, 5.74) is 5.96. The van der Waals surface area contributed by atoms with Crippen LogP contribution in [-0.2, 0) is 9.59 Å². The lowest BCUT2D eigenvalue weighted by Gasteiger charge is -2.21. The molecule has 0 bridgehead atoms. The molecule has 1 saturated carbocycles. The van der Waals surface area contributed by atoms with E-state index in [-0.39, 0.29) is 23.4 Å². The van der Waals surface area contributed by atoms with Crippen LogP contribution in [0.15, 0.2) is 18.2 Å². The molecule has 1 aromatic rings. The summed E-state index contributed by atoms with van der Waals surface area (Å²) < 4.78 is 13.8. The van der Waals surface area contributed by atoms with Crippen LogP contribution in [0.1, 0.15) is 39.0 Å². The second-order valence-electron chi connectivity index (χ2n) is 5.80. The van der Waals surface area contributed by atoms with Crippen molar-refractivity contribution in [2.24, 2.45) is 11.7 Å². The van der Waals surface area contributed by atoms with Crippen molar-refractivity contribution in [3.63, 3.8) is 0 Å². The molecular formula is C16H22FN3O2. The quantitative estimate of drug-likeness (QED) is 0.799.